The number of aromatic nitrogens is 2. The number of hydrogen-bond acceptors (Lipinski definition) is 13. The van der Waals surface area contributed by atoms with Crippen molar-refractivity contribution in [2.24, 2.45) is 0 Å². The molecule has 0 atom stereocenters. The third-order valence-electron chi connectivity index (χ3n) is 6.30. The average Bonchev–Trinajstić information content (AvgIpc) is 3.60. The van der Waals surface area contributed by atoms with Gasteiger partial charge in [-0.1, -0.05) is 0 Å². The van der Waals surface area contributed by atoms with Crippen molar-refractivity contribution >= 4 is 68.7 Å². The molecule has 2 aliphatic rings. The van der Waals surface area contributed by atoms with Crippen LogP contribution in [0.3, 0.4) is 0 Å². The van der Waals surface area contributed by atoms with E-state index in [4.69, 9.17) is 20.3 Å². The van der Waals surface area contributed by atoms with Crippen molar-refractivity contribution < 1.29 is 38.8 Å². The Morgan fingerprint density at radius 2 is 1.78 bits per heavy atom. The first-order chi connectivity index (χ1) is 23.4. The lowest BCUT2D eigenvalue weighted by Gasteiger charge is -2.31. The number of rotatable bonds is 5. The Kier molecular flexibility index (Phi) is 13.7. The van der Waals surface area contributed by atoms with Crippen molar-refractivity contribution in [2.45, 2.75) is 6.54 Å². The number of non-ortho nitro benzene ring substituents is 2. The molecule has 3 aromatic carbocycles. The van der Waals surface area contributed by atoms with Crippen LogP contribution < -0.4 is 30.7 Å². The molecule has 0 unspecified atom stereocenters. The van der Waals surface area contributed by atoms with Crippen molar-refractivity contribution in [3.8, 4) is 17.2 Å². The van der Waals surface area contributed by atoms with Crippen molar-refractivity contribution in [3.05, 3.63) is 93.0 Å². The van der Waals surface area contributed by atoms with E-state index in [0.717, 1.165) is 36.8 Å². The molecule has 0 bridgehead atoms. The zero-order chi connectivity index (χ0) is 35.9. The number of nitrogen functional groups attached to an aromatic ring is 1. The van der Waals surface area contributed by atoms with Gasteiger partial charge in [0.15, 0.2) is 6.61 Å². The summed E-state index contributed by atoms with van der Waals surface area (Å²) in [5.74, 6) is 0.806. The summed E-state index contributed by atoms with van der Waals surface area (Å²) in [6.07, 6.45) is 2.96. The molecular formula is C28H28B3N8O10. The van der Waals surface area contributed by atoms with Gasteiger partial charge in [-0.25, -0.2) is 9.78 Å². The molecule has 0 spiro atoms. The first kappa shape index (κ1) is 37.1. The van der Waals surface area contributed by atoms with Crippen LogP contribution in [0.25, 0.3) is 0 Å². The standard InChI is InChI=1S/C14H16N4O3.C8H6N2O4.C6H6N2O3.B3/c1-20-14(19)17-10-2-3-13-12(6-10)18(4-5-21-13)8-11-7-15-9-16-11;11-8-4-14-7-2-1-5(10(12)13)3-6(7)9-8;7-5-3-4(8(10)11)1-2-6(5)9;1-3-2/h2-3,6-7,9H,4-5,8H2,1H3,(H,15,16)(H,17,19);1-3H,4H2,(H,9,11);1-3,9H,7H2;. The van der Waals surface area contributed by atoms with Gasteiger partial charge in [0, 0.05) is 58.7 Å². The second-order valence-corrected chi connectivity index (χ2v) is 9.61. The van der Waals surface area contributed by atoms with E-state index in [1.165, 1.54) is 37.4 Å². The molecule has 6 N–H and O–H groups in total. The van der Waals surface area contributed by atoms with E-state index in [1.54, 1.807) is 18.6 Å². The van der Waals surface area contributed by atoms with Crippen LogP contribution >= 0.6 is 0 Å². The number of aromatic amines is 1. The number of imidazole rings is 1. The van der Waals surface area contributed by atoms with Crippen LogP contribution in [0.2, 0.25) is 0 Å². The molecule has 0 saturated heterocycles. The molecule has 2 aliphatic heterocycles. The van der Waals surface area contributed by atoms with E-state index in [9.17, 15) is 29.8 Å². The van der Waals surface area contributed by atoms with E-state index in [-0.39, 0.29) is 35.3 Å². The number of carbonyl (C=O) groups excluding carboxylic acids is 2. The number of benzene rings is 3. The Hall–Kier alpha value is -6.40. The maximum Gasteiger partial charge on any atom is 0.411 e. The number of nitrogens with two attached hydrogens (primary N) is 1. The molecule has 249 valence electrons. The van der Waals surface area contributed by atoms with Gasteiger partial charge in [0.1, 0.15) is 23.9 Å². The van der Waals surface area contributed by atoms with Crippen LogP contribution in [-0.2, 0) is 16.1 Å². The lowest BCUT2D eigenvalue weighted by molar-refractivity contribution is -0.385. The topological polar surface area (TPSA) is 250 Å². The number of methoxy groups -OCH3 is 1. The molecule has 5 radical (unpaired) electrons. The van der Waals surface area contributed by atoms with Crippen molar-refractivity contribution in [3.63, 3.8) is 0 Å². The first-order valence-corrected chi connectivity index (χ1v) is 14.0. The van der Waals surface area contributed by atoms with E-state index >= 15 is 0 Å². The number of carbonyl (C=O) groups is 2. The molecule has 18 nitrogen and oxygen atoms in total. The van der Waals surface area contributed by atoms with Gasteiger partial charge in [-0.05, 0) is 30.3 Å². The largest absolute Gasteiger partial charge is 0.506 e. The minimum absolute atomic E-state index is 0.0131. The van der Waals surface area contributed by atoms with E-state index in [0.29, 0.717) is 30.3 Å². The average molecular weight is 669 g/mol. The summed E-state index contributed by atoms with van der Waals surface area (Å²) in [5.41, 5.74) is 7.99. The second kappa shape index (κ2) is 18.1. The van der Waals surface area contributed by atoms with Crippen molar-refractivity contribution in [2.75, 3.05) is 48.1 Å². The van der Waals surface area contributed by atoms with Gasteiger partial charge in [-0.3, -0.25) is 30.3 Å². The minimum atomic E-state index is -0.574. The highest BCUT2D eigenvalue weighted by Gasteiger charge is 2.20. The zero-order valence-corrected chi connectivity index (χ0v) is 25.9. The number of nitro benzene ring substituents is 2. The van der Waals surface area contributed by atoms with Gasteiger partial charge >= 0.3 is 6.09 Å². The van der Waals surface area contributed by atoms with Crippen LogP contribution in [0.5, 0.6) is 17.2 Å². The highest BCUT2D eigenvalue weighted by molar-refractivity contribution is 7.17. The number of ether oxygens (including phenoxy) is 3. The number of fused-ring (bicyclic) bond motifs is 2. The summed E-state index contributed by atoms with van der Waals surface area (Å²) >= 11 is 0. The first-order valence-electron chi connectivity index (χ1n) is 14.0. The number of aromatic hydroxyl groups is 1. The van der Waals surface area contributed by atoms with E-state index < -0.39 is 15.9 Å². The maximum atomic E-state index is 11.3. The monoisotopic (exact) mass is 669 g/mol. The third-order valence-corrected chi connectivity index (χ3v) is 6.30. The fourth-order valence-corrected chi connectivity index (χ4v) is 4.10. The second-order valence-electron chi connectivity index (χ2n) is 9.61. The summed E-state index contributed by atoms with van der Waals surface area (Å²) in [6.45, 7) is 2.06. The lowest BCUT2D eigenvalue weighted by atomic mass is 9.40. The smallest absolute Gasteiger partial charge is 0.411 e. The number of amides is 2. The Bertz CT molecular complexity index is 1760. The number of nitro groups is 2. The van der Waals surface area contributed by atoms with Crippen molar-refractivity contribution in [1.82, 2.24) is 9.97 Å². The van der Waals surface area contributed by atoms with Crippen LogP contribution in [0.1, 0.15) is 5.69 Å². The number of hydrogen-bond donors (Lipinski definition) is 5. The molecule has 2 amide bonds. The predicted molar refractivity (Wildman–Crippen MR) is 181 cm³/mol. The number of phenolic OH excluding ortho intramolecular Hbond substituents is 1. The highest BCUT2D eigenvalue weighted by atomic mass is 16.6. The Labute approximate surface area is 282 Å². The molecule has 4 aromatic rings. The molecule has 49 heavy (non-hydrogen) atoms. The van der Waals surface area contributed by atoms with Crippen molar-refractivity contribution in [1.29, 1.82) is 0 Å². The van der Waals surface area contributed by atoms with Gasteiger partial charge in [0.2, 0.25) is 0 Å². The molecule has 0 aliphatic carbocycles. The van der Waals surface area contributed by atoms with Crippen LogP contribution in [-0.4, -0.2) is 86.3 Å². The number of anilines is 4. The maximum absolute atomic E-state index is 11.3. The van der Waals surface area contributed by atoms with E-state index in [1.807, 2.05) is 12.1 Å². The molecule has 0 fully saturated rings. The molecule has 0 saturated carbocycles. The number of H-pyrrole nitrogens is 1. The van der Waals surface area contributed by atoms with Gasteiger partial charge in [-0.15, -0.1) is 0 Å². The summed E-state index contributed by atoms with van der Waals surface area (Å²) in [6, 6.07) is 13.1. The predicted octanol–water partition coefficient (Wildman–Crippen LogP) is 2.65. The van der Waals surface area contributed by atoms with Gasteiger partial charge in [-0.2, -0.15) is 0 Å². The Morgan fingerprint density at radius 1 is 1.10 bits per heavy atom. The molecule has 6 rings (SSSR count). The number of nitrogens with one attached hydrogen (secondary N) is 3. The quantitative estimate of drug-likeness (QED) is 0.0675. The zero-order valence-electron chi connectivity index (χ0n) is 25.9. The fraction of sp³-hybridized carbons (Fsp3) is 0.179. The highest BCUT2D eigenvalue weighted by Crippen LogP contribution is 2.35. The fourth-order valence-electron chi connectivity index (χ4n) is 4.10. The van der Waals surface area contributed by atoms with E-state index in [2.05, 4.69) is 45.7 Å². The summed E-state index contributed by atoms with van der Waals surface area (Å²) < 4.78 is 15.3. The summed E-state index contributed by atoms with van der Waals surface area (Å²) in [4.78, 5) is 50.9. The third kappa shape index (κ3) is 11.1. The number of nitrogens with zero attached hydrogens (tertiary/aromatic N) is 4. The van der Waals surface area contributed by atoms with Crippen LogP contribution in [0.4, 0.5) is 38.9 Å². The molecular weight excluding hydrogens is 641 g/mol. The van der Waals surface area contributed by atoms with Gasteiger partial charge in [0.25, 0.3) is 17.3 Å². The normalized spacial score (nSPS) is 12.0. The summed E-state index contributed by atoms with van der Waals surface area (Å²) in [7, 11) is 11.3. The lowest BCUT2D eigenvalue weighted by Crippen LogP contribution is -2.32. The molecule has 3 heterocycles. The number of phenols is 1. The van der Waals surface area contributed by atoms with Crippen LogP contribution in [0.15, 0.2) is 67.1 Å². The molecule has 1 aromatic heterocycles. The SMILES string of the molecule is COC(=O)Nc1ccc2c(c1)N(Cc1cnc[nH]1)CCO2.Nc1cc([N+](=O)[O-])ccc1O.O=C1COc2ccc([N+](=O)[O-])cc2N1.[B][B][B]. The molecule has 21 heteroatoms. The minimum Gasteiger partial charge on any atom is -0.506 e. The van der Waals surface area contributed by atoms with Gasteiger partial charge < -0.3 is 40.3 Å². The Morgan fingerprint density at radius 3 is 2.41 bits per heavy atom. The Balaban J connectivity index is 0.000000202. The summed E-state index contributed by atoms with van der Waals surface area (Å²) in [5, 5.41) is 34.6. The van der Waals surface area contributed by atoms with Gasteiger partial charge in [0.05, 0.1) is 59.1 Å². The van der Waals surface area contributed by atoms with Crippen LogP contribution in [0, 0.1) is 20.2 Å².